The van der Waals surface area contributed by atoms with E-state index in [9.17, 15) is 39.7 Å². The highest BCUT2D eigenvalue weighted by atomic mass is 32.2. The van der Waals surface area contributed by atoms with Crippen LogP contribution in [0.25, 0.3) is 0 Å². The molecule has 3 atom stereocenters. The smallest absolute Gasteiger partial charge is 0.419 e. The first-order chi connectivity index (χ1) is 16.3. The third-order valence-corrected chi connectivity index (χ3v) is 6.43. The Morgan fingerprint density at radius 1 is 1.23 bits per heavy atom. The van der Waals surface area contributed by atoms with Crippen LogP contribution in [0.5, 0.6) is 5.75 Å². The summed E-state index contributed by atoms with van der Waals surface area (Å²) in [6.45, 7) is -4.73. The van der Waals surface area contributed by atoms with E-state index in [-0.39, 0.29) is 5.69 Å². The van der Waals surface area contributed by atoms with Crippen molar-refractivity contribution in [1.82, 2.24) is 0 Å². The Morgan fingerprint density at radius 2 is 1.91 bits per heavy atom. The van der Waals surface area contributed by atoms with E-state index in [0.29, 0.717) is 15.9 Å². The van der Waals surface area contributed by atoms with Gasteiger partial charge in [0.25, 0.3) is 0 Å². The maximum Gasteiger partial charge on any atom is 0.419 e. The summed E-state index contributed by atoms with van der Waals surface area (Å²) in [5, 5.41) is 2.38. The summed E-state index contributed by atoms with van der Waals surface area (Å²) >= 11 is 0. The van der Waals surface area contributed by atoms with Crippen LogP contribution in [0.4, 0.5) is 42.1 Å². The van der Waals surface area contributed by atoms with Crippen LogP contribution in [-0.2, 0) is 20.3 Å². The van der Waals surface area contributed by atoms with Gasteiger partial charge in [-0.05, 0) is 30.3 Å². The molecule has 0 bridgehead atoms. The lowest BCUT2D eigenvalue weighted by molar-refractivity contribution is -0.261. The number of rotatable bonds is 7. The second kappa shape index (κ2) is 10.0. The van der Waals surface area contributed by atoms with Gasteiger partial charge in [0.1, 0.15) is 6.04 Å². The number of anilines is 2. The molecule has 1 N–H and O–H groups in total. The topological polar surface area (TPSA) is 67.9 Å². The molecule has 2 aromatic rings. The minimum Gasteiger partial charge on any atom is -0.429 e. The van der Waals surface area contributed by atoms with E-state index in [4.69, 9.17) is 4.74 Å². The number of hydrogen-bond acceptors (Lipinski definition) is 5. The number of carbonyl (C=O) groups is 1. The number of methoxy groups -OCH3 is 1. The predicted molar refractivity (Wildman–Crippen MR) is 112 cm³/mol. The number of hydrogen-bond donors (Lipinski definition) is 1. The summed E-state index contributed by atoms with van der Waals surface area (Å²) in [6, 6.07) is 5.21. The maximum absolute atomic E-state index is 14.3. The molecule has 1 heterocycles. The van der Waals surface area contributed by atoms with Crippen LogP contribution in [0.2, 0.25) is 0 Å². The van der Waals surface area contributed by atoms with Crippen LogP contribution in [0.15, 0.2) is 41.3 Å². The number of nitrogens with zero attached hydrogens (tertiary/aromatic N) is 1. The molecule has 0 aliphatic carbocycles. The van der Waals surface area contributed by atoms with Crippen LogP contribution in [-0.4, -0.2) is 54.5 Å². The Kier molecular flexibility index (Phi) is 7.65. The van der Waals surface area contributed by atoms with Gasteiger partial charge in [0.15, 0.2) is 17.2 Å². The number of nitrogens with one attached hydrogen (secondary N) is 1. The van der Waals surface area contributed by atoms with Gasteiger partial charge in [-0.3, -0.25) is 9.00 Å². The average Bonchev–Trinajstić information content (AvgIpc) is 3.18. The molecule has 0 saturated carbocycles. The van der Waals surface area contributed by atoms with Gasteiger partial charge in [-0.15, -0.1) is 0 Å². The van der Waals surface area contributed by atoms with Gasteiger partial charge in [0.05, 0.1) is 12.2 Å². The number of halogens is 7. The Morgan fingerprint density at radius 3 is 2.49 bits per heavy atom. The van der Waals surface area contributed by atoms with Crippen molar-refractivity contribution in [2.75, 3.05) is 30.1 Å². The van der Waals surface area contributed by atoms with Gasteiger partial charge in [-0.2, -0.15) is 26.3 Å². The zero-order valence-electron chi connectivity index (χ0n) is 18.2. The summed E-state index contributed by atoms with van der Waals surface area (Å²) < 4.78 is 116. The van der Waals surface area contributed by atoms with Gasteiger partial charge < -0.3 is 19.7 Å². The highest BCUT2D eigenvalue weighted by molar-refractivity contribution is 7.84. The van der Waals surface area contributed by atoms with E-state index in [1.54, 1.807) is 0 Å². The quantitative estimate of drug-likeness (QED) is 0.538. The molecule has 192 valence electrons. The molecule has 0 radical (unpaired) electrons. The second-order valence-corrected chi connectivity index (χ2v) is 8.98. The Labute approximate surface area is 197 Å². The van der Waals surface area contributed by atoms with Crippen molar-refractivity contribution in [2.24, 2.45) is 0 Å². The molecule has 0 spiro atoms. The number of benzene rings is 2. The van der Waals surface area contributed by atoms with Crippen LogP contribution < -0.4 is 15.0 Å². The standard InChI is InChI=1S/C21H19F7N2O4S/c1-33-20(21(26,27)28)9-15(18(31)29-11-4-3-5-12(8-11)35(2)32)30(10-20)14-7-6-13(22)16(23)17(14)34-19(24)25/h3-8,15,19H,9-10H2,1-2H3,(H,29,31). The normalized spacial score (nSPS) is 21.3. The Hall–Kier alpha value is -2.87. The van der Waals surface area contributed by atoms with Crippen molar-refractivity contribution in [1.29, 1.82) is 0 Å². The average molecular weight is 528 g/mol. The zero-order chi connectivity index (χ0) is 26.1. The minimum atomic E-state index is -5.02. The van der Waals surface area contributed by atoms with Gasteiger partial charge in [-0.25, -0.2) is 4.39 Å². The summed E-state index contributed by atoms with van der Waals surface area (Å²) in [7, 11) is -0.670. The molecule has 6 nitrogen and oxygen atoms in total. The predicted octanol–water partition coefficient (Wildman–Crippen LogP) is 4.47. The van der Waals surface area contributed by atoms with Crippen molar-refractivity contribution < 1.29 is 49.2 Å². The molecular formula is C21H19F7N2O4S. The highest BCUT2D eigenvalue weighted by Crippen LogP contribution is 2.47. The number of alkyl halides is 5. The third kappa shape index (κ3) is 5.37. The molecule has 2 aromatic carbocycles. The lowest BCUT2D eigenvalue weighted by atomic mass is 9.99. The SMILES string of the molecule is COC1(C(F)(F)F)CC(C(=O)Nc2cccc(S(C)=O)c2)N(c2ccc(F)c(F)c2OC(F)F)C1. The van der Waals surface area contributed by atoms with E-state index >= 15 is 0 Å². The fourth-order valence-electron chi connectivity index (χ4n) is 3.76. The van der Waals surface area contributed by atoms with E-state index in [1.165, 1.54) is 30.5 Å². The van der Waals surface area contributed by atoms with E-state index in [1.807, 2.05) is 0 Å². The van der Waals surface area contributed by atoms with Gasteiger partial charge in [0.2, 0.25) is 11.7 Å². The van der Waals surface area contributed by atoms with Crippen LogP contribution in [0, 0.1) is 11.6 Å². The number of carbonyl (C=O) groups excluding carboxylic acids is 1. The molecule has 3 unspecified atom stereocenters. The van der Waals surface area contributed by atoms with Gasteiger partial charge in [-0.1, -0.05) is 6.07 Å². The maximum atomic E-state index is 14.3. The largest absolute Gasteiger partial charge is 0.429 e. The van der Waals surface area contributed by atoms with Gasteiger partial charge in [0, 0.05) is 41.2 Å². The third-order valence-electron chi connectivity index (χ3n) is 5.51. The molecule has 1 amide bonds. The van der Waals surface area contributed by atoms with Crippen molar-refractivity contribution in [3.05, 3.63) is 48.0 Å². The molecule has 1 fully saturated rings. The van der Waals surface area contributed by atoms with Crippen LogP contribution in [0.1, 0.15) is 6.42 Å². The minimum absolute atomic E-state index is 0.0962. The van der Waals surface area contributed by atoms with E-state index < -0.39 is 77.2 Å². The zero-order valence-corrected chi connectivity index (χ0v) is 19.0. The van der Waals surface area contributed by atoms with Crippen molar-refractivity contribution in [3.8, 4) is 5.75 Å². The molecule has 1 aliphatic rings. The van der Waals surface area contributed by atoms with E-state index in [0.717, 1.165) is 13.2 Å². The lowest BCUT2D eigenvalue weighted by Crippen LogP contribution is -2.49. The molecule has 14 heteroatoms. The second-order valence-electron chi connectivity index (χ2n) is 7.60. The van der Waals surface area contributed by atoms with Crippen LogP contribution >= 0.6 is 0 Å². The summed E-state index contributed by atoms with van der Waals surface area (Å²) in [4.78, 5) is 14.1. The summed E-state index contributed by atoms with van der Waals surface area (Å²) in [5.41, 5.74) is -3.54. The molecule has 1 aliphatic heterocycles. The number of amides is 1. The lowest BCUT2D eigenvalue weighted by Gasteiger charge is -2.31. The fourth-order valence-corrected chi connectivity index (χ4v) is 4.32. The highest BCUT2D eigenvalue weighted by Gasteiger charge is 2.63. The molecule has 1 saturated heterocycles. The first-order valence-corrected chi connectivity index (χ1v) is 11.4. The van der Waals surface area contributed by atoms with Crippen LogP contribution in [0.3, 0.4) is 0 Å². The Bertz CT molecular complexity index is 1130. The molecular weight excluding hydrogens is 509 g/mol. The summed E-state index contributed by atoms with van der Waals surface area (Å²) in [6.07, 6.45) is -4.63. The molecule has 35 heavy (non-hydrogen) atoms. The van der Waals surface area contributed by atoms with Crippen molar-refractivity contribution >= 4 is 28.1 Å². The molecule has 3 rings (SSSR count). The first kappa shape index (κ1) is 26.7. The van der Waals surface area contributed by atoms with Gasteiger partial charge >= 0.3 is 12.8 Å². The Balaban J connectivity index is 2.08. The summed E-state index contributed by atoms with van der Waals surface area (Å²) in [5.74, 6) is -5.82. The molecule has 0 aromatic heterocycles. The monoisotopic (exact) mass is 528 g/mol. The van der Waals surface area contributed by atoms with E-state index in [2.05, 4.69) is 10.1 Å². The number of ether oxygens (including phenoxy) is 2. The van der Waals surface area contributed by atoms with Crippen molar-refractivity contribution in [2.45, 2.75) is 35.7 Å². The first-order valence-electron chi connectivity index (χ1n) is 9.85. The fraction of sp³-hybridized carbons (Fsp3) is 0.381. The van der Waals surface area contributed by atoms with Crippen molar-refractivity contribution in [3.63, 3.8) is 0 Å².